The number of rotatable bonds is 18. The van der Waals surface area contributed by atoms with Gasteiger partial charge in [-0.15, -0.1) is 0 Å². The van der Waals surface area contributed by atoms with Gasteiger partial charge in [-0.25, -0.2) is 14.4 Å². The van der Waals surface area contributed by atoms with Crippen LogP contribution < -0.4 is 16.0 Å². The van der Waals surface area contributed by atoms with Crippen LogP contribution in [0.25, 0.3) is 0 Å². The minimum absolute atomic E-state index is 0.0226. The maximum absolute atomic E-state index is 13.9. The molecule has 0 heterocycles. The summed E-state index contributed by atoms with van der Waals surface area (Å²) >= 11 is 0. The van der Waals surface area contributed by atoms with Gasteiger partial charge in [0.15, 0.2) is 0 Å². The maximum atomic E-state index is 13.9. The number of nitrogens with zero attached hydrogens (tertiary/aromatic N) is 1. The average molecular weight is 941 g/mol. The van der Waals surface area contributed by atoms with Crippen LogP contribution in [0.15, 0.2) is 30.3 Å². The zero-order valence-corrected chi connectivity index (χ0v) is 43.4. The van der Waals surface area contributed by atoms with Crippen molar-refractivity contribution >= 4 is 24.2 Å². The van der Waals surface area contributed by atoms with Crippen LogP contribution in [0.3, 0.4) is 0 Å². The predicted octanol–water partition coefficient (Wildman–Crippen LogP) is 9.67. The number of fused-ring (bicyclic) bond motifs is 5. The lowest BCUT2D eigenvalue weighted by Crippen LogP contribution is -2.63. The minimum Gasteiger partial charge on any atom is -0.460 e. The molecule has 0 bridgehead atoms. The van der Waals surface area contributed by atoms with E-state index in [4.69, 9.17) is 28.4 Å². The molecule has 4 saturated carbocycles. The number of ether oxygens (including phenoxy) is 6. The van der Waals surface area contributed by atoms with E-state index in [9.17, 15) is 19.2 Å². The standard InChI is InChI=1S/C53H88N4O10/c1-35(18-17-27-57(13)34-36-19-15-14-16-20-36)39-21-22-40-45-41(32-43(53(39,40)12)64-44(58)33-56-48(61)67-51(8,9)10)52(11)24-23-38(62-28-25-54-46(59)65-49(2,3)4)30-37(52)31-42(45)63-29-26-55-47(60)66-50(5,6)7/h14-16,19-20,35,37-43,45H,17-18,21-34H2,1-13H3,(H,54,59)(H,55,60)(H,56,61)/t35-,37+,38-,39-,40+,41+,42-,43+,45+,52+,53-/m1/s1. The summed E-state index contributed by atoms with van der Waals surface area (Å²) in [6.07, 6.45) is 6.45. The molecule has 4 aliphatic rings. The molecule has 0 aromatic heterocycles. The Morgan fingerprint density at radius 1 is 0.746 bits per heavy atom. The highest BCUT2D eigenvalue weighted by molar-refractivity contribution is 5.78. The molecule has 0 unspecified atom stereocenters. The summed E-state index contributed by atoms with van der Waals surface area (Å²) in [5, 5.41) is 8.38. The molecule has 3 N–H and O–H groups in total. The van der Waals surface area contributed by atoms with Gasteiger partial charge in [-0.1, -0.05) is 51.1 Å². The second-order valence-electron chi connectivity index (χ2n) is 23.7. The quantitative estimate of drug-likeness (QED) is 0.0730. The first-order valence-electron chi connectivity index (χ1n) is 25.3. The third kappa shape index (κ3) is 15.4. The topological polar surface area (TPSA) is 163 Å². The number of hydrogen-bond acceptors (Lipinski definition) is 11. The van der Waals surface area contributed by atoms with Gasteiger partial charge in [-0.3, -0.25) is 4.79 Å². The van der Waals surface area contributed by atoms with Crippen molar-refractivity contribution in [3.63, 3.8) is 0 Å². The summed E-state index contributed by atoms with van der Waals surface area (Å²) in [5.41, 5.74) is -0.981. The van der Waals surface area contributed by atoms with Gasteiger partial charge >= 0.3 is 24.2 Å². The lowest BCUT2D eigenvalue weighted by molar-refractivity contribution is -0.226. The molecule has 380 valence electrons. The van der Waals surface area contributed by atoms with Crippen LogP contribution in [0.4, 0.5) is 14.4 Å². The number of alkyl carbamates (subject to hydrolysis) is 3. The van der Waals surface area contributed by atoms with Crippen LogP contribution in [0.2, 0.25) is 0 Å². The van der Waals surface area contributed by atoms with E-state index in [2.05, 4.69) is 79.0 Å². The number of hydrogen-bond donors (Lipinski definition) is 3. The fourth-order valence-electron chi connectivity index (χ4n) is 12.5. The molecular formula is C53H88N4O10. The second-order valence-corrected chi connectivity index (χ2v) is 23.7. The molecular weight excluding hydrogens is 853 g/mol. The normalized spacial score (nSPS) is 29.9. The van der Waals surface area contributed by atoms with Crippen LogP contribution in [-0.2, 0) is 39.8 Å². The molecule has 14 heteroatoms. The lowest BCUT2D eigenvalue weighted by Gasteiger charge is -2.64. The number of benzene rings is 1. The van der Waals surface area contributed by atoms with Crippen molar-refractivity contribution in [2.45, 2.75) is 183 Å². The van der Waals surface area contributed by atoms with Crippen LogP contribution in [0, 0.1) is 46.3 Å². The fourth-order valence-corrected chi connectivity index (χ4v) is 12.5. The first-order valence-corrected chi connectivity index (χ1v) is 25.3. The Morgan fingerprint density at radius 2 is 1.33 bits per heavy atom. The summed E-state index contributed by atoms with van der Waals surface area (Å²) in [6, 6.07) is 10.6. The number of amides is 3. The predicted molar refractivity (Wildman–Crippen MR) is 259 cm³/mol. The summed E-state index contributed by atoms with van der Waals surface area (Å²) < 4.78 is 36.6. The van der Waals surface area contributed by atoms with E-state index in [1.54, 1.807) is 20.8 Å². The first kappa shape index (κ1) is 54.3. The van der Waals surface area contributed by atoms with Gasteiger partial charge in [0.2, 0.25) is 0 Å². The van der Waals surface area contributed by atoms with Gasteiger partial charge < -0.3 is 49.3 Å². The van der Waals surface area contributed by atoms with E-state index in [-0.39, 0.29) is 59.4 Å². The molecule has 11 atom stereocenters. The number of carbonyl (C=O) groups excluding carboxylic acids is 4. The highest BCUT2D eigenvalue weighted by atomic mass is 16.6. The van der Waals surface area contributed by atoms with Gasteiger partial charge in [0, 0.05) is 25.0 Å². The van der Waals surface area contributed by atoms with E-state index in [1.807, 2.05) is 41.5 Å². The van der Waals surface area contributed by atoms with Crippen LogP contribution in [-0.4, -0.2) is 111 Å². The Labute approximate surface area is 402 Å². The molecule has 1 aromatic rings. The molecule has 67 heavy (non-hydrogen) atoms. The largest absolute Gasteiger partial charge is 0.460 e. The molecule has 4 fully saturated rings. The summed E-state index contributed by atoms with van der Waals surface area (Å²) in [5.74, 6) is 1.16. The molecule has 0 radical (unpaired) electrons. The van der Waals surface area contributed by atoms with Crippen LogP contribution in [0.1, 0.15) is 146 Å². The number of carbonyl (C=O) groups is 4. The molecule has 0 spiro atoms. The van der Waals surface area contributed by atoms with Crippen molar-refractivity contribution in [2.24, 2.45) is 46.3 Å². The Bertz CT molecular complexity index is 1780. The van der Waals surface area contributed by atoms with E-state index < -0.39 is 41.1 Å². The lowest BCUT2D eigenvalue weighted by atomic mass is 9.43. The third-order valence-electron chi connectivity index (χ3n) is 15.2. The molecule has 1 aromatic carbocycles. The van der Waals surface area contributed by atoms with Gasteiger partial charge in [0.1, 0.15) is 29.5 Å². The molecule has 0 aliphatic heterocycles. The minimum atomic E-state index is -0.699. The monoisotopic (exact) mass is 941 g/mol. The zero-order chi connectivity index (χ0) is 49.4. The van der Waals surface area contributed by atoms with Crippen molar-refractivity contribution in [3.05, 3.63) is 35.9 Å². The van der Waals surface area contributed by atoms with E-state index in [0.29, 0.717) is 44.6 Å². The van der Waals surface area contributed by atoms with E-state index in [0.717, 1.165) is 64.5 Å². The van der Waals surface area contributed by atoms with E-state index in [1.165, 1.54) is 5.56 Å². The smallest absolute Gasteiger partial charge is 0.408 e. The summed E-state index contributed by atoms with van der Waals surface area (Å²) in [6.45, 7) is 26.7. The Kier molecular flexibility index (Phi) is 18.5. The first-order chi connectivity index (χ1) is 31.3. The van der Waals surface area contributed by atoms with Gasteiger partial charge in [-0.05, 0) is 180 Å². The molecule has 14 nitrogen and oxygen atoms in total. The van der Waals surface area contributed by atoms with Crippen LogP contribution >= 0.6 is 0 Å². The summed E-state index contributed by atoms with van der Waals surface area (Å²) in [4.78, 5) is 54.0. The molecule has 4 aliphatic carbocycles. The third-order valence-corrected chi connectivity index (χ3v) is 15.2. The zero-order valence-electron chi connectivity index (χ0n) is 43.4. The van der Waals surface area contributed by atoms with E-state index >= 15 is 0 Å². The van der Waals surface area contributed by atoms with Crippen molar-refractivity contribution in [1.29, 1.82) is 0 Å². The summed E-state index contributed by atoms with van der Waals surface area (Å²) in [7, 11) is 2.19. The van der Waals surface area contributed by atoms with Gasteiger partial charge in [0.25, 0.3) is 0 Å². The fraction of sp³-hybridized carbons (Fsp3) is 0.811. The average Bonchev–Trinajstić information content (AvgIpc) is 3.57. The Morgan fingerprint density at radius 3 is 1.93 bits per heavy atom. The molecule has 0 saturated heterocycles. The van der Waals surface area contributed by atoms with Crippen molar-refractivity contribution < 1.29 is 47.6 Å². The van der Waals surface area contributed by atoms with Gasteiger partial charge in [0.05, 0.1) is 25.4 Å². The van der Waals surface area contributed by atoms with Crippen molar-refractivity contribution in [1.82, 2.24) is 20.9 Å². The molecule has 3 amide bonds. The number of esters is 1. The highest BCUT2D eigenvalue weighted by Gasteiger charge is 2.67. The number of nitrogens with one attached hydrogen (secondary N) is 3. The SMILES string of the molecule is C[C@H](CCCN(C)Cc1ccccc1)[C@H]1CC[C@H]2[C@@H]3[C@H](OCCNC(=O)OC(C)(C)C)C[C@@H]4C[C@H](OCCNC(=O)OC(C)(C)C)CC[C@]4(C)[C@H]3C[C@H](OC(=O)CNC(=O)OC(C)(C)C)[C@]12C. The van der Waals surface area contributed by atoms with Gasteiger partial charge in [-0.2, -0.15) is 0 Å². The van der Waals surface area contributed by atoms with Crippen molar-refractivity contribution in [3.8, 4) is 0 Å². The highest BCUT2D eigenvalue weighted by Crippen LogP contribution is 2.69. The Hall–Kier alpha value is -3.62. The van der Waals surface area contributed by atoms with Crippen LogP contribution in [0.5, 0.6) is 0 Å². The Balaban J connectivity index is 1.38. The second kappa shape index (κ2) is 22.9. The van der Waals surface area contributed by atoms with Crippen molar-refractivity contribution in [2.75, 3.05) is 46.4 Å². The maximum Gasteiger partial charge on any atom is 0.408 e. The molecule has 5 rings (SSSR count).